The minimum absolute atomic E-state index is 0.469. The quantitative estimate of drug-likeness (QED) is 0.197. The normalized spacial score (nSPS) is 12.8. The molecule has 0 aromatic heterocycles. The molecule has 4 heteroatoms. The van der Waals surface area contributed by atoms with E-state index in [-0.39, 0.29) is 0 Å². The van der Waals surface area contributed by atoms with Gasteiger partial charge in [0, 0.05) is 4.57 Å². The van der Waals surface area contributed by atoms with Crippen LogP contribution in [0.1, 0.15) is 97.0 Å². The number of hydrogen-bond acceptors (Lipinski definition) is 3. The summed E-state index contributed by atoms with van der Waals surface area (Å²) in [7, 11) is -2.09. The number of benzene rings is 1. The van der Waals surface area contributed by atoms with Crippen molar-refractivity contribution in [1.82, 2.24) is 0 Å². The van der Waals surface area contributed by atoms with Gasteiger partial charge in [0.2, 0.25) is 0 Å². The predicted molar refractivity (Wildman–Crippen MR) is 116 cm³/mol. The van der Waals surface area contributed by atoms with E-state index in [4.69, 9.17) is 9.05 Å². The van der Waals surface area contributed by atoms with Crippen LogP contribution in [-0.2, 0) is 15.5 Å². The van der Waals surface area contributed by atoms with E-state index in [0.717, 1.165) is 19.3 Å². The molecule has 0 heterocycles. The lowest BCUT2D eigenvalue weighted by Gasteiger charge is -2.09. The van der Waals surface area contributed by atoms with Crippen molar-refractivity contribution >= 4 is 8.25 Å². The third-order valence-corrected chi connectivity index (χ3v) is 5.85. The van der Waals surface area contributed by atoms with Gasteiger partial charge in [-0.2, -0.15) is 0 Å². The van der Waals surface area contributed by atoms with Gasteiger partial charge in [-0.3, -0.25) is 0 Å². The van der Waals surface area contributed by atoms with Crippen molar-refractivity contribution in [1.29, 1.82) is 0 Å². The van der Waals surface area contributed by atoms with Gasteiger partial charge in [0.25, 0.3) is 0 Å². The summed E-state index contributed by atoms with van der Waals surface area (Å²) in [4.78, 5) is 0. The zero-order chi connectivity index (χ0) is 19.7. The summed E-state index contributed by atoms with van der Waals surface area (Å²) in [5, 5.41) is 0. The first-order chi connectivity index (χ1) is 13.2. The Morgan fingerprint density at radius 1 is 0.852 bits per heavy atom. The Labute approximate surface area is 168 Å². The van der Waals surface area contributed by atoms with E-state index in [2.05, 4.69) is 32.9 Å². The van der Waals surface area contributed by atoms with Crippen molar-refractivity contribution in [2.75, 3.05) is 6.61 Å². The first-order valence-corrected chi connectivity index (χ1v) is 12.2. The third-order valence-electron chi connectivity index (χ3n) is 5.13. The fraction of sp³-hybridized carbons (Fsp3) is 0.739. The van der Waals surface area contributed by atoms with Crippen molar-refractivity contribution in [2.24, 2.45) is 5.92 Å². The number of aryl methyl sites for hydroxylation is 1. The summed E-state index contributed by atoms with van der Waals surface area (Å²) in [6.45, 7) is 7.11. The van der Waals surface area contributed by atoms with Crippen LogP contribution in [0.3, 0.4) is 0 Å². The molecule has 154 valence electrons. The molecule has 0 radical (unpaired) electrons. The van der Waals surface area contributed by atoms with Crippen molar-refractivity contribution in [2.45, 2.75) is 97.8 Å². The van der Waals surface area contributed by atoms with E-state index in [9.17, 15) is 4.57 Å². The van der Waals surface area contributed by atoms with Crippen LogP contribution in [0.15, 0.2) is 24.3 Å². The van der Waals surface area contributed by atoms with Crippen LogP contribution < -0.4 is 4.52 Å². The molecule has 1 aromatic carbocycles. The van der Waals surface area contributed by atoms with E-state index < -0.39 is 8.25 Å². The Balaban J connectivity index is 2.22. The highest BCUT2D eigenvalue weighted by Gasteiger charge is 2.24. The minimum Gasteiger partial charge on any atom is -0.229 e. The second kappa shape index (κ2) is 16.1. The maximum absolute atomic E-state index is 12.0. The molecule has 3 nitrogen and oxygen atoms in total. The van der Waals surface area contributed by atoms with Gasteiger partial charge in [-0.1, -0.05) is 90.7 Å². The zero-order valence-electron chi connectivity index (χ0n) is 17.8. The average Bonchev–Trinajstić information content (AvgIpc) is 2.68. The van der Waals surface area contributed by atoms with E-state index in [0.29, 0.717) is 18.3 Å². The molecule has 1 aromatic rings. The van der Waals surface area contributed by atoms with Gasteiger partial charge in [-0.15, -0.1) is 4.52 Å². The topological polar surface area (TPSA) is 35.5 Å². The Hall–Kier alpha value is -0.920. The van der Waals surface area contributed by atoms with Crippen molar-refractivity contribution in [3.8, 4) is 5.75 Å². The lowest BCUT2D eigenvalue weighted by Crippen LogP contribution is -2.06. The van der Waals surface area contributed by atoms with Gasteiger partial charge in [0.15, 0.2) is 5.75 Å². The van der Waals surface area contributed by atoms with Crippen LogP contribution in [0.2, 0.25) is 0 Å². The molecule has 0 fully saturated rings. The maximum Gasteiger partial charge on any atom is 0.750 e. The highest BCUT2D eigenvalue weighted by Crippen LogP contribution is 2.30. The molecule has 2 unspecified atom stereocenters. The largest absolute Gasteiger partial charge is 0.750 e. The SMILES string of the molecule is CCCCCCCCCc1ccc(O[P+](=O)OCC(CC)CCCC)cc1. The van der Waals surface area contributed by atoms with Gasteiger partial charge in [-0.05, 0) is 42.9 Å². The lowest BCUT2D eigenvalue weighted by atomic mass is 10.0. The molecule has 1 rings (SSSR count). The summed E-state index contributed by atoms with van der Waals surface area (Å²) in [6.07, 6.45) is 15.0. The predicted octanol–water partition coefficient (Wildman–Crippen LogP) is 8.25. The van der Waals surface area contributed by atoms with Crippen molar-refractivity contribution in [3.63, 3.8) is 0 Å². The first-order valence-electron chi connectivity index (χ1n) is 11.1. The summed E-state index contributed by atoms with van der Waals surface area (Å²) < 4.78 is 22.9. The van der Waals surface area contributed by atoms with Gasteiger partial charge >= 0.3 is 8.25 Å². The molecule has 0 amide bonds. The summed E-state index contributed by atoms with van der Waals surface area (Å²) >= 11 is 0. The standard InChI is InChI=1S/C23H40O3P/c1-4-7-9-10-11-12-13-15-22-16-18-23(19-17-22)26-27(24)25-20-21(6-3)14-8-5-2/h16-19,21H,4-15,20H2,1-3H3/q+1. The van der Waals surface area contributed by atoms with Gasteiger partial charge in [-0.25, -0.2) is 4.52 Å². The maximum atomic E-state index is 12.0. The van der Waals surface area contributed by atoms with E-state index >= 15 is 0 Å². The molecule has 0 N–H and O–H groups in total. The Morgan fingerprint density at radius 3 is 2.11 bits per heavy atom. The summed E-state index contributed by atoms with van der Waals surface area (Å²) in [6, 6.07) is 7.96. The van der Waals surface area contributed by atoms with Gasteiger partial charge < -0.3 is 0 Å². The smallest absolute Gasteiger partial charge is 0.229 e. The molecular weight excluding hydrogens is 355 g/mol. The zero-order valence-corrected chi connectivity index (χ0v) is 18.6. The van der Waals surface area contributed by atoms with Gasteiger partial charge in [0.05, 0.1) is 0 Å². The molecule has 0 saturated carbocycles. The summed E-state index contributed by atoms with van der Waals surface area (Å²) in [5.41, 5.74) is 1.32. The molecule has 2 atom stereocenters. The van der Waals surface area contributed by atoms with Gasteiger partial charge in [0.1, 0.15) is 6.61 Å². The first kappa shape index (κ1) is 24.1. The highest BCUT2D eigenvalue weighted by atomic mass is 31.1. The Morgan fingerprint density at radius 2 is 1.48 bits per heavy atom. The number of hydrogen-bond donors (Lipinski definition) is 0. The third kappa shape index (κ3) is 12.2. The van der Waals surface area contributed by atoms with Crippen molar-refractivity contribution in [3.05, 3.63) is 29.8 Å². The number of rotatable bonds is 17. The second-order valence-corrected chi connectivity index (χ2v) is 8.43. The van der Waals surface area contributed by atoms with E-state index in [1.807, 2.05) is 12.1 Å². The van der Waals surface area contributed by atoms with E-state index in [1.54, 1.807) is 0 Å². The van der Waals surface area contributed by atoms with Crippen LogP contribution in [0.25, 0.3) is 0 Å². The van der Waals surface area contributed by atoms with Crippen LogP contribution >= 0.6 is 8.25 Å². The van der Waals surface area contributed by atoms with Crippen LogP contribution in [0.4, 0.5) is 0 Å². The average molecular weight is 396 g/mol. The Kier molecular flexibility index (Phi) is 14.4. The Bertz CT molecular complexity index is 487. The molecule has 0 spiro atoms. The summed E-state index contributed by atoms with van der Waals surface area (Å²) in [5.74, 6) is 1.10. The molecule has 0 aliphatic rings. The lowest BCUT2D eigenvalue weighted by molar-refractivity contribution is 0.221. The molecule has 0 saturated heterocycles. The molecular formula is C23H40O3P+. The fourth-order valence-electron chi connectivity index (χ4n) is 3.18. The monoisotopic (exact) mass is 395 g/mol. The molecule has 27 heavy (non-hydrogen) atoms. The minimum atomic E-state index is -2.09. The number of unbranched alkanes of at least 4 members (excludes halogenated alkanes) is 7. The highest BCUT2D eigenvalue weighted by molar-refractivity contribution is 7.33. The molecule has 0 bridgehead atoms. The van der Waals surface area contributed by atoms with Crippen LogP contribution in [-0.4, -0.2) is 6.61 Å². The molecule has 0 aliphatic heterocycles. The second-order valence-electron chi connectivity index (χ2n) is 7.54. The molecule has 0 aliphatic carbocycles. The van der Waals surface area contributed by atoms with Crippen LogP contribution in [0, 0.1) is 5.92 Å². The fourth-order valence-corrected chi connectivity index (χ4v) is 3.86. The van der Waals surface area contributed by atoms with Crippen molar-refractivity contribution < 1.29 is 13.6 Å². The van der Waals surface area contributed by atoms with Crippen LogP contribution in [0.5, 0.6) is 5.75 Å². The van der Waals surface area contributed by atoms with E-state index in [1.165, 1.54) is 63.4 Å².